The first-order chi connectivity index (χ1) is 10.8. The van der Waals surface area contributed by atoms with Crippen molar-refractivity contribution in [3.63, 3.8) is 0 Å². The Morgan fingerprint density at radius 2 is 1.70 bits per heavy atom. The molecule has 124 valence electrons. The smallest absolute Gasteiger partial charge is 0.141 e. The number of benzene rings is 2. The van der Waals surface area contributed by atoms with Crippen LogP contribution in [0.5, 0.6) is 5.75 Å². The van der Waals surface area contributed by atoms with E-state index in [4.69, 9.17) is 0 Å². The van der Waals surface area contributed by atoms with Gasteiger partial charge in [-0.1, -0.05) is 46.7 Å². The summed E-state index contributed by atoms with van der Waals surface area (Å²) in [5.41, 5.74) is 6.48. The number of hydrogen-bond acceptors (Lipinski definition) is 1. The van der Waals surface area contributed by atoms with E-state index >= 15 is 0 Å². The molecule has 0 bridgehead atoms. The van der Waals surface area contributed by atoms with Gasteiger partial charge >= 0.3 is 0 Å². The van der Waals surface area contributed by atoms with Gasteiger partial charge in [0.05, 0.1) is 0 Å². The van der Waals surface area contributed by atoms with Gasteiger partial charge in [0.25, 0.3) is 0 Å². The molecule has 1 nitrogen and oxygen atoms in total. The zero-order valence-corrected chi connectivity index (χ0v) is 15.6. The molecule has 0 saturated carbocycles. The van der Waals surface area contributed by atoms with Gasteiger partial charge in [-0.05, 0) is 72.3 Å². The van der Waals surface area contributed by atoms with Crippen molar-refractivity contribution in [2.75, 3.05) is 6.66 Å². The second kappa shape index (κ2) is 7.45. The van der Waals surface area contributed by atoms with Gasteiger partial charge in [0.2, 0.25) is 0 Å². The lowest BCUT2D eigenvalue weighted by atomic mass is 9.92. The van der Waals surface area contributed by atoms with Crippen molar-refractivity contribution in [3.05, 3.63) is 63.7 Å². The fourth-order valence-corrected chi connectivity index (χ4v) is 3.50. The summed E-state index contributed by atoms with van der Waals surface area (Å²) in [6.45, 7) is 10.2. The largest absolute Gasteiger partial charge is 0.508 e. The number of aromatic hydroxyl groups is 1. The Hall–Kier alpha value is -1.40. The number of alkyl halides is 1. The number of halogens is 1. The summed E-state index contributed by atoms with van der Waals surface area (Å²) in [5, 5.41) is 9.96. The first-order valence-corrected chi connectivity index (χ1v) is 9.64. The molecule has 0 amide bonds. The third-order valence-electron chi connectivity index (χ3n) is 4.36. The number of hydrogen-bond donors (Lipinski definition) is 1. The van der Waals surface area contributed by atoms with Crippen molar-refractivity contribution in [2.24, 2.45) is 0 Å². The summed E-state index contributed by atoms with van der Waals surface area (Å²) in [6.07, 6.45) is 0.809. The van der Waals surface area contributed by atoms with Crippen molar-refractivity contribution < 1.29 is 9.50 Å². The van der Waals surface area contributed by atoms with Gasteiger partial charge in [-0.3, -0.25) is 0 Å². The maximum Gasteiger partial charge on any atom is 0.141 e. The van der Waals surface area contributed by atoms with Crippen molar-refractivity contribution in [3.8, 4) is 5.75 Å². The minimum atomic E-state index is -0.859. The first kappa shape index (κ1) is 17.9. The summed E-state index contributed by atoms with van der Waals surface area (Å²) >= 11 is 0. The lowest BCUT2D eigenvalue weighted by Crippen LogP contribution is -2.00. The zero-order valence-electron chi connectivity index (χ0n) is 14.6. The van der Waals surface area contributed by atoms with Crippen molar-refractivity contribution in [1.82, 2.24) is 0 Å². The fourth-order valence-electron chi connectivity index (χ4n) is 3.00. The highest BCUT2D eigenvalue weighted by molar-refractivity contribution is 7.37. The van der Waals surface area contributed by atoms with Crippen LogP contribution in [0.25, 0.3) is 0 Å². The van der Waals surface area contributed by atoms with Crippen molar-refractivity contribution >= 4 is 8.58 Å². The Kier molecular flexibility index (Phi) is 5.81. The summed E-state index contributed by atoms with van der Waals surface area (Å²) in [7, 11) is 0.271. The lowest BCUT2D eigenvalue weighted by molar-refractivity contribution is 0.464. The normalized spacial score (nSPS) is 13.2. The molecule has 2 unspecified atom stereocenters. The minimum Gasteiger partial charge on any atom is -0.508 e. The minimum absolute atomic E-state index is 0.271. The summed E-state index contributed by atoms with van der Waals surface area (Å²) in [5.74, 6) is -0.211. The highest BCUT2D eigenvalue weighted by Gasteiger charge is 2.13. The molecule has 23 heavy (non-hydrogen) atoms. The van der Waals surface area contributed by atoms with E-state index in [1.807, 2.05) is 24.9 Å². The van der Waals surface area contributed by atoms with Crippen LogP contribution in [0.2, 0.25) is 0 Å². The molecule has 0 aliphatic heterocycles. The molecule has 0 aliphatic rings. The predicted octanol–water partition coefficient (Wildman–Crippen LogP) is 6.00. The molecule has 0 spiro atoms. The van der Waals surface area contributed by atoms with Crippen LogP contribution < -0.4 is 0 Å². The maximum absolute atomic E-state index is 14.0. The second-order valence-electron chi connectivity index (χ2n) is 6.51. The van der Waals surface area contributed by atoms with Gasteiger partial charge in [0.15, 0.2) is 0 Å². The van der Waals surface area contributed by atoms with E-state index in [9.17, 15) is 9.50 Å². The Balaban J connectivity index is 2.35. The van der Waals surface area contributed by atoms with Crippen LogP contribution in [0, 0.1) is 13.8 Å². The van der Waals surface area contributed by atoms with E-state index < -0.39 is 5.91 Å². The molecule has 3 heteroatoms. The monoisotopic (exact) mass is 332 g/mol. The molecule has 2 aromatic carbocycles. The first-order valence-electron chi connectivity index (χ1n) is 8.06. The molecular formula is C20H26FOP. The summed E-state index contributed by atoms with van der Waals surface area (Å²) < 4.78 is 14.0. The standard InChI is InChI=1S/C20H26FOP/c1-12(2)17-10-15(6-7-19(17)22)11-18-13(3)8-16(9-14(18)4)20(21)23-5/h6-10,12,20,22-23H,11H2,1-5H3. The van der Waals surface area contributed by atoms with Gasteiger partial charge in [-0.25, -0.2) is 4.39 Å². The van der Waals surface area contributed by atoms with Crippen molar-refractivity contribution in [2.45, 2.75) is 45.9 Å². The summed E-state index contributed by atoms with van der Waals surface area (Å²) in [4.78, 5) is 0. The highest BCUT2D eigenvalue weighted by Crippen LogP contribution is 2.35. The third kappa shape index (κ3) is 4.12. The molecule has 2 rings (SSSR count). The molecule has 0 aromatic heterocycles. The van der Waals surface area contributed by atoms with E-state index in [-0.39, 0.29) is 14.5 Å². The average Bonchev–Trinajstić information content (AvgIpc) is 2.51. The predicted molar refractivity (Wildman–Crippen MR) is 99.0 cm³/mol. The number of aryl methyl sites for hydroxylation is 2. The highest BCUT2D eigenvalue weighted by atomic mass is 31.1. The Morgan fingerprint density at radius 3 is 2.22 bits per heavy atom. The molecule has 0 heterocycles. The van der Waals surface area contributed by atoms with Crippen LogP contribution in [-0.4, -0.2) is 11.8 Å². The van der Waals surface area contributed by atoms with E-state index in [1.165, 1.54) is 11.1 Å². The van der Waals surface area contributed by atoms with Crippen LogP contribution >= 0.6 is 8.58 Å². The molecular weight excluding hydrogens is 306 g/mol. The van der Waals surface area contributed by atoms with Gasteiger partial charge in [0.1, 0.15) is 11.7 Å². The van der Waals surface area contributed by atoms with E-state index in [0.717, 1.165) is 28.7 Å². The quantitative estimate of drug-likeness (QED) is 0.666. The Morgan fingerprint density at radius 1 is 1.09 bits per heavy atom. The van der Waals surface area contributed by atoms with Crippen LogP contribution in [0.3, 0.4) is 0 Å². The fraction of sp³-hybridized carbons (Fsp3) is 0.400. The van der Waals surface area contributed by atoms with E-state index in [2.05, 4.69) is 33.8 Å². The molecule has 0 fully saturated rings. The van der Waals surface area contributed by atoms with E-state index in [0.29, 0.717) is 5.75 Å². The maximum atomic E-state index is 14.0. The second-order valence-corrected chi connectivity index (χ2v) is 7.59. The van der Waals surface area contributed by atoms with Crippen LogP contribution in [0.1, 0.15) is 59.1 Å². The van der Waals surface area contributed by atoms with Gasteiger partial charge in [0, 0.05) is 0 Å². The zero-order chi connectivity index (χ0) is 17.1. The molecule has 1 N–H and O–H groups in total. The SMILES string of the molecule is CPC(F)c1cc(C)c(Cc2ccc(O)c(C(C)C)c2)c(C)c1. The molecule has 2 atom stereocenters. The molecule has 0 aliphatic carbocycles. The molecule has 2 aromatic rings. The average molecular weight is 332 g/mol. The Bertz CT molecular complexity index is 671. The topological polar surface area (TPSA) is 20.2 Å². The van der Waals surface area contributed by atoms with Gasteiger partial charge < -0.3 is 5.11 Å². The molecule has 0 saturated heterocycles. The van der Waals surface area contributed by atoms with Crippen LogP contribution in [0.4, 0.5) is 4.39 Å². The lowest BCUT2D eigenvalue weighted by Gasteiger charge is -2.16. The van der Waals surface area contributed by atoms with Crippen LogP contribution in [0.15, 0.2) is 30.3 Å². The van der Waals surface area contributed by atoms with Gasteiger partial charge in [-0.2, -0.15) is 0 Å². The number of phenols is 1. The number of phenolic OH excluding ortho intramolecular Hbond substituents is 1. The third-order valence-corrected chi connectivity index (χ3v) is 5.20. The number of rotatable bonds is 5. The summed E-state index contributed by atoms with van der Waals surface area (Å²) in [6, 6.07) is 9.79. The molecule has 0 radical (unpaired) electrons. The Labute approximate surface area is 140 Å². The van der Waals surface area contributed by atoms with Gasteiger partial charge in [-0.15, -0.1) is 0 Å². The van der Waals surface area contributed by atoms with Crippen LogP contribution in [-0.2, 0) is 6.42 Å². The van der Waals surface area contributed by atoms with E-state index in [1.54, 1.807) is 6.07 Å². The van der Waals surface area contributed by atoms with Crippen molar-refractivity contribution in [1.29, 1.82) is 0 Å².